The molecule has 0 spiro atoms. The van der Waals surface area contributed by atoms with Crippen LogP contribution < -0.4 is 5.32 Å². The molecule has 0 aliphatic carbocycles. The number of nitrogens with one attached hydrogen (secondary N) is 1. The highest BCUT2D eigenvalue weighted by molar-refractivity contribution is 5.49. The van der Waals surface area contributed by atoms with Gasteiger partial charge in [-0.1, -0.05) is 12.1 Å². The van der Waals surface area contributed by atoms with Crippen LogP contribution in [0.1, 0.15) is 11.1 Å². The molecule has 2 rings (SSSR count). The monoisotopic (exact) mass is 296 g/mol. The highest BCUT2D eigenvalue weighted by atomic mass is 19.2. The second kappa shape index (κ2) is 5.82. The molecule has 0 saturated carbocycles. The molecular formula is C14H11F3N2O2. The fourth-order valence-corrected chi connectivity index (χ4v) is 1.93. The van der Waals surface area contributed by atoms with Gasteiger partial charge in [-0.15, -0.1) is 0 Å². The van der Waals surface area contributed by atoms with E-state index in [-0.39, 0.29) is 17.9 Å². The van der Waals surface area contributed by atoms with Gasteiger partial charge in [-0.25, -0.2) is 13.2 Å². The SMILES string of the molecule is Cc1c(CNc2cc(F)cc(F)c2F)cccc1[N+](=O)[O-]. The van der Waals surface area contributed by atoms with E-state index in [9.17, 15) is 23.3 Å². The Morgan fingerprint density at radius 2 is 1.95 bits per heavy atom. The zero-order chi connectivity index (χ0) is 15.6. The van der Waals surface area contributed by atoms with Gasteiger partial charge in [0.1, 0.15) is 5.82 Å². The maximum Gasteiger partial charge on any atom is 0.272 e. The van der Waals surface area contributed by atoms with Gasteiger partial charge in [0.2, 0.25) is 0 Å². The van der Waals surface area contributed by atoms with Crippen molar-refractivity contribution in [3.8, 4) is 0 Å². The number of hydrogen-bond donors (Lipinski definition) is 1. The first-order valence-electron chi connectivity index (χ1n) is 6.01. The molecule has 4 nitrogen and oxygen atoms in total. The van der Waals surface area contributed by atoms with Gasteiger partial charge in [-0.05, 0) is 12.5 Å². The quantitative estimate of drug-likeness (QED) is 0.528. The largest absolute Gasteiger partial charge is 0.378 e. The number of anilines is 1. The zero-order valence-electron chi connectivity index (χ0n) is 11.0. The van der Waals surface area contributed by atoms with Crippen LogP contribution in [0.3, 0.4) is 0 Å². The summed E-state index contributed by atoms with van der Waals surface area (Å²) in [5, 5.41) is 13.4. The van der Waals surface area contributed by atoms with Crippen molar-refractivity contribution < 1.29 is 18.1 Å². The predicted octanol–water partition coefficient (Wildman–Crippen LogP) is 3.93. The third-order valence-corrected chi connectivity index (χ3v) is 3.08. The lowest BCUT2D eigenvalue weighted by atomic mass is 10.1. The van der Waals surface area contributed by atoms with Crippen molar-refractivity contribution in [2.24, 2.45) is 0 Å². The molecule has 0 aliphatic heterocycles. The Bertz CT molecular complexity index is 705. The van der Waals surface area contributed by atoms with Crippen molar-refractivity contribution in [1.29, 1.82) is 0 Å². The van der Waals surface area contributed by atoms with Gasteiger partial charge in [0.05, 0.1) is 10.6 Å². The van der Waals surface area contributed by atoms with Crippen molar-refractivity contribution in [3.63, 3.8) is 0 Å². The summed E-state index contributed by atoms with van der Waals surface area (Å²) in [6.45, 7) is 1.56. The summed E-state index contributed by atoms with van der Waals surface area (Å²) in [7, 11) is 0. The Morgan fingerprint density at radius 3 is 2.62 bits per heavy atom. The topological polar surface area (TPSA) is 55.2 Å². The third kappa shape index (κ3) is 3.13. The van der Waals surface area contributed by atoms with Gasteiger partial charge < -0.3 is 5.32 Å². The zero-order valence-corrected chi connectivity index (χ0v) is 11.0. The van der Waals surface area contributed by atoms with Crippen LogP contribution in [0.4, 0.5) is 24.5 Å². The van der Waals surface area contributed by atoms with E-state index in [1.54, 1.807) is 13.0 Å². The lowest BCUT2D eigenvalue weighted by Gasteiger charge is -2.10. The van der Waals surface area contributed by atoms with Crippen LogP contribution in [0.5, 0.6) is 0 Å². The summed E-state index contributed by atoms with van der Waals surface area (Å²) in [6.07, 6.45) is 0. The third-order valence-electron chi connectivity index (χ3n) is 3.08. The van der Waals surface area contributed by atoms with Crippen molar-refractivity contribution >= 4 is 11.4 Å². The van der Waals surface area contributed by atoms with Crippen molar-refractivity contribution in [1.82, 2.24) is 0 Å². The molecule has 110 valence electrons. The maximum absolute atomic E-state index is 13.5. The number of nitro groups is 1. The molecular weight excluding hydrogens is 285 g/mol. The summed E-state index contributed by atoms with van der Waals surface area (Å²) in [5.74, 6) is -3.40. The molecule has 0 aromatic heterocycles. The van der Waals surface area contributed by atoms with Gasteiger partial charge in [0.25, 0.3) is 5.69 Å². The molecule has 0 atom stereocenters. The highest BCUT2D eigenvalue weighted by Crippen LogP contribution is 2.24. The van der Waals surface area contributed by atoms with Crippen molar-refractivity contribution in [2.45, 2.75) is 13.5 Å². The molecule has 0 heterocycles. The second-order valence-corrected chi connectivity index (χ2v) is 4.42. The van der Waals surface area contributed by atoms with Crippen LogP contribution in [0.15, 0.2) is 30.3 Å². The molecule has 0 fully saturated rings. The first-order valence-corrected chi connectivity index (χ1v) is 6.01. The van der Waals surface area contributed by atoms with Crippen LogP contribution in [-0.4, -0.2) is 4.92 Å². The average Bonchev–Trinajstić information content (AvgIpc) is 2.42. The van der Waals surface area contributed by atoms with Crippen LogP contribution >= 0.6 is 0 Å². The van der Waals surface area contributed by atoms with Crippen LogP contribution in [0.25, 0.3) is 0 Å². The van der Waals surface area contributed by atoms with Gasteiger partial charge in [-0.2, -0.15) is 0 Å². The van der Waals surface area contributed by atoms with E-state index in [4.69, 9.17) is 0 Å². The summed E-state index contributed by atoms with van der Waals surface area (Å²) in [6, 6.07) is 5.72. The molecule has 0 unspecified atom stereocenters. The lowest BCUT2D eigenvalue weighted by Crippen LogP contribution is -2.06. The lowest BCUT2D eigenvalue weighted by molar-refractivity contribution is -0.385. The van der Waals surface area contributed by atoms with Crippen LogP contribution in [0, 0.1) is 34.5 Å². The predicted molar refractivity (Wildman–Crippen MR) is 71.5 cm³/mol. The van der Waals surface area contributed by atoms with Crippen molar-refractivity contribution in [3.05, 3.63) is 69.0 Å². The molecule has 0 bridgehead atoms. The smallest absolute Gasteiger partial charge is 0.272 e. The minimum Gasteiger partial charge on any atom is -0.378 e. The maximum atomic E-state index is 13.5. The molecule has 0 amide bonds. The summed E-state index contributed by atoms with van der Waals surface area (Å²) >= 11 is 0. The van der Waals surface area contributed by atoms with E-state index in [0.717, 1.165) is 6.07 Å². The Balaban J connectivity index is 2.25. The Hall–Kier alpha value is -2.57. The number of benzene rings is 2. The summed E-state index contributed by atoms with van der Waals surface area (Å²) in [5.41, 5.74) is 0.541. The van der Waals surface area contributed by atoms with E-state index in [1.807, 2.05) is 0 Å². The summed E-state index contributed by atoms with van der Waals surface area (Å²) in [4.78, 5) is 10.3. The Morgan fingerprint density at radius 1 is 1.24 bits per heavy atom. The first kappa shape index (κ1) is 14.8. The van der Waals surface area contributed by atoms with Gasteiger partial charge in [0, 0.05) is 30.3 Å². The number of nitro benzene ring substituents is 1. The van der Waals surface area contributed by atoms with Crippen LogP contribution in [-0.2, 0) is 6.54 Å². The number of hydrogen-bond acceptors (Lipinski definition) is 3. The normalized spacial score (nSPS) is 10.5. The number of halogens is 3. The second-order valence-electron chi connectivity index (χ2n) is 4.42. The molecule has 1 N–H and O–H groups in total. The Kier molecular flexibility index (Phi) is 4.11. The van der Waals surface area contributed by atoms with E-state index in [2.05, 4.69) is 5.32 Å². The fourth-order valence-electron chi connectivity index (χ4n) is 1.93. The molecule has 21 heavy (non-hydrogen) atoms. The molecule has 0 saturated heterocycles. The minimum atomic E-state index is -1.30. The Labute approximate surface area is 118 Å². The van der Waals surface area contributed by atoms with E-state index >= 15 is 0 Å². The first-order chi connectivity index (χ1) is 9.90. The number of rotatable bonds is 4. The minimum absolute atomic E-state index is 0.00727. The van der Waals surface area contributed by atoms with Gasteiger partial charge in [0.15, 0.2) is 11.6 Å². The summed E-state index contributed by atoms with van der Waals surface area (Å²) < 4.78 is 39.6. The van der Waals surface area contributed by atoms with Crippen LogP contribution in [0.2, 0.25) is 0 Å². The average molecular weight is 296 g/mol. The molecule has 7 heteroatoms. The highest BCUT2D eigenvalue weighted by Gasteiger charge is 2.14. The standard InChI is InChI=1S/C14H11F3N2O2/c1-8-9(3-2-4-13(8)19(20)21)7-18-12-6-10(15)5-11(16)14(12)17/h2-6,18H,7H2,1H3. The number of nitrogens with zero attached hydrogens (tertiary/aromatic N) is 1. The van der Waals surface area contributed by atoms with Gasteiger partial charge >= 0.3 is 0 Å². The molecule has 2 aromatic rings. The van der Waals surface area contributed by atoms with E-state index in [1.165, 1.54) is 12.1 Å². The molecule has 2 aromatic carbocycles. The molecule has 0 aliphatic rings. The fraction of sp³-hybridized carbons (Fsp3) is 0.143. The molecule has 0 radical (unpaired) electrons. The van der Waals surface area contributed by atoms with Crippen molar-refractivity contribution in [2.75, 3.05) is 5.32 Å². The van der Waals surface area contributed by atoms with Gasteiger partial charge in [-0.3, -0.25) is 10.1 Å². The van der Waals surface area contributed by atoms with E-state index in [0.29, 0.717) is 17.2 Å². The van der Waals surface area contributed by atoms with E-state index < -0.39 is 22.4 Å².